The van der Waals surface area contributed by atoms with E-state index in [4.69, 9.17) is 19.3 Å². The molecular weight excluding hydrogens is 340 g/mol. The summed E-state index contributed by atoms with van der Waals surface area (Å²) in [6, 6.07) is 5.33. The van der Waals surface area contributed by atoms with E-state index in [1.54, 1.807) is 5.38 Å². The predicted octanol–water partition coefficient (Wildman–Crippen LogP) is 3.43. The third kappa shape index (κ3) is 6.70. The monoisotopic (exact) mass is 356 g/mol. The molecule has 2 heterocycles. The van der Waals surface area contributed by atoms with Crippen molar-refractivity contribution in [1.82, 2.24) is 0 Å². The molecule has 0 radical (unpaired) electrons. The Labute approximate surface area is 141 Å². The molecule has 8 heteroatoms. The quantitative estimate of drug-likeness (QED) is 0.519. The zero-order valence-corrected chi connectivity index (χ0v) is 13.9. The first kappa shape index (κ1) is 17.3. The van der Waals surface area contributed by atoms with E-state index >= 15 is 0 Å². The Hall–Kier alpha value is -2.06. The van der Waals surface area contributed by atoms with Crippen molar-refractivity contribution in [1.29, 1.82) is 0 Å². The van der Waals surface area contributed by atoms with E-state index in [0.29, 0.717) is 30.3 Å². The normalized spacial score (nSPS) is 10.3. The minimum Gasteiger partial charge on any atom is -0.484 e. The van der Waals surface area contributed by atoms with Gasteiger partial charge in [0.1, 0.15) is 5.75 Å². The molecule has 23 heavy (non-hydrogen) atoms. The van der Waals surface area contributed by atoms with Crippen LogP contribution in [-0.4, -0.2) is 30.3 Å². The van der Waals surface area contributed by atoms with E-state index in [1.165, 1.54) is 28.7 Å². The molecule has 0 saturated heterocycles. The first-order chi connectivity index (χ1) is 11.1. The van der Waals surface area contributed by atoms with Gasteiger partial charge in [0.05, 0.1) is 6.61 Å². The summed E-state index contributed by atoms with van der Waals surface area (Å²) in [6.45, 7) is 0.147. The highest BCUT2D eigenvalue weighted by Crippen LogP contribution is 2.29. The molecule has 0 fully saturated rings. The molecule has 6 nitrogen and oxygen atoms in total. The number of aliphatic carboxylic acids is 1. The average Bonchev–Trinajstić information content (AvgIpc) is 3.16. The summed E-state index contributed by atoms with van der Waals surface area (Å²) in [5.41, 5.74) is 0. The molecule has 0 saturated carbocycles. The van der Waals surface area contributed by atoms with Gasteiger partial charge in [0, 0.05) is 17.9 Å². The summed E-state index contributed by atoms with van der Waals surface area (Å²) in [7, 11) is 0. The van der Waals surface area contributed by atoms with E-state index in [1.807, 2.05) is 17.5 Å². The van der Waals surface area contributed by atoms with Crippen molar-refractivity contribution in [3.8, 4) is 15.9 Å². The van der Waals surface area contributed by atoms with Crippen LogP contribution in [0.2, 0.25) is 0 Å². The third-order valence-corrected chi connectivity index (χ3v) is 4.21. The molecule has 0 aliphatic rings. The first-order valence-electron chi connectivity index (χ1n) is 6.93. The fraction of sp³-hybridized carbons (Fsp3) is 0.333. The average molecular weight is 356 g/mol. The molecule has 0 aliphatic heterocycles. The van der Waals surface area contributed by atoms with Gasteiger partial charge < -0.3 is 19.3 Å². The molecule has 0 amide bonds. The number of carboxylic acid groups (broad SMARTS) is 1. The number of carboxylic acids is 1. The molecule has 124 valence electrons. The maximum absolute atomic E-state index is 11.7. The lowest BCUT2D eigenvalue weighted by molar-refractivity contribution is -0.139. The van der Waals surface area contributed by atoms with Gasteiger partial charge in [-0.1, -0.05) is 0 Å². The Bertz CT molecular complexity index is 620. The van der Waals surface area contributed by atoms with Crippen LogP contribution in [-0.2, 0) is 9.59 Å². The number of hydrogen-bond donors (Lipinski definition) is 1. The number of ether oxygens (including phenoxy) is 3. The van der Waals surface area contributed by atoms with Gasteiger partial charge in [-0.05, 0) is 30.4 Å². The molecule has 2 aromatic rings. The molecule has 0 aliphatic carbocycles. The Kier molecular flexibility index (Phi) is 6.89. The van der Waals surface area contributed by atoms with Crippen molar-refractivity contribution in [3.63, 3.8) is 0 Å². The Morgan fingerprint density at radius 1 is 1.13 bits per heavy atom. The number of rotatable bonds is 10. The zero-order valence-electron chi connectivity index (χ0n) is 12.2. The maximum Gasteiger partial charge on any atom is 0.341 e. The maximum atomic E-state index is 11.7. The van der Waals surface area contributed by atoms with Crippen LogP contribution in [0.4, 0.5) is 0 Å². The van der Waals surface area contributed by atoms with Gasteiger partial charge in [0.15, 0.2) is 16.7 Å². The van der Waals surface area contributed by atoms with Crippen molar-refractivity contribution < 1.29 is 28.9 Å². The Morgan fingerprint density at radius 2 is 2.00 bits per heavy atom. The van der Waals surface area contributed by atoms with Crippen LogP contribution in [0, 0.1) is 0 Å². The van der Waals surface area contributed by atoms with Crippen molar-refractivity contribution in [2.24, 2.45) is 0 Å². The van der Waals surface area contributed by atoms with E-state index in [2.05, 4.69) is 0 Å². The van der Waals surface area contributed by atoms with Crippen LogP contribution in [0.15, 0.2) is 29.0 Å². The van der Waals surface area contributed by atoms with E-state index < -0.39 is 12.6 Å². The minimum absolute atomic E-state index is 0.303. The third-order valence-electron chi connectivity index (χ3n) is 2.64. The molecule has 2 rings (SSSR count). The van der Waals surface area contributed by atoms with Gasteiger partial charge in [-0.25, -0.2) is 4.79 Å². The molecule has 0 spiro atoms. The molecule has 0 bridgehead atoms. The van der Waals surface area contributed by atoms with Crippen LogP contribution in [0.1, 0.15) is 19.3 Å². The van der Waals surface area contributed by atoms with Gasteiger partial charge in [-0.2, -0.15) is 0 Å². The number of carbonyl (C=O) groups excluding carboxylic acids is 1. The second-order valence-electron chi connectivity index (χ2n) is 4.50. The lowest BCUT2D eigenvalue weighted by atomic mass is 10.2. The van der Waals surface area contributed by atoms with Gasteiger partial charge in [-0.15, -0.1) is 22.7 Å². The second kappa shape index (κ2) is 9.16. The summed E-state index contributed by atoms with van der Waals surface area (Å²) in [5, 5.41) is 13.3. The van der Waals surface area contributed by atoms with E-state index in [0.717, 1.165) is 11.5 Å². The number of carbonyl (C=O) groups is 2. The molecule has 0 aromatic carbocycles. The highest BCUT2D eigenvalue weighted by Gasteiger charge is 2.09. The van der Waals surface area contributed by atoms with E-state index in [-0.39, 0.29) is 5.97 Å². The van der Waals surface area contributed by atoms with E-state index in [9.17, 15) is 9.59 Å². The second-order valence-corrected chi connectivity index (χ2v) is 6.28. The smallest absolute Gasteiger partial charge is 0.341 e. The van der Waals surface area contributed by atoms with Crippen LogP contribution < -0.4 is 14.2 Å². The van der Waals surface area contributed by atoms with Gasteiger partial charge in [0.2, 0.25) is 0 Å². The zero-order chi connectivity index (χ0) is 16.5. The van der Waals surface area contributed by atoms with Crippen LogP contribution in [0.3, 0.4) is 0 Å². The summed E-state index contributed by atoms with van der Waals surface area (Å²) in [5.74, 6) is -1.00. The summed E-state index contributed by atoms with van der Waals surface area (Å²) < 4.78 is 15.6. The van der Waals surface area contributed by atoms with Gasteiger partial charge in [-0.3, -0.25) is 4.79 Å². The Morgan fingerprint density at radius 3 is 2.74 bits per heavy atom. The number of thiophene rings is 2. The topological polar surface area (TPSA) is 82.1 Å². The first-order valence-corrected chi connectivity index (χ1v) is 8.69. The number of esters is 1. The molecular formula is C15H16O6S2. The minimum atomic E-state index is -1.06. The SMILES string of the molecule is O=C(O)COc1csc(OC(=O)CCCCOc2cccs2)c1. The van der Waals surface area contributed by atoms with Crippen LogP contribution in [0.25, 0.3) is 0 Å². The fourth-order valence-electron chi connectivity index (χ4n) is 1.63. The fourth-order valence-corrected chi connectivity index (χ4v) is 2.92. The van der Waals surface area contributed by atoms with Crippen molar-refractivity contribution >= 4 is 34.6 Å². The molecule has 2 aromatic heterocycles. The highest BCUT2D eigenvalue weighted by molar-refractivity contribution is 7.12. The number of unbranched alkanes of at least 4 members (excludes halogenated alkanes) is 1. The van der Waals surface area contributed by atoms with Crippen LogP contribution in [0.5, 0.6) is 15.9 Å². The predicted molar refractivity (Wildman–Crippen MR) is 86.7 cm³/mol. The Balaban J connectivity index is 1.60. The molecule has 0 unspecified atom stereocenters. The highest BCUT2D eigenvalue weighted by atomic mass is 32.1. The molecule has 1 N–H and O–H groups in total. The van der Waals surface area contributed by atoms with Crippen molar-refractivity contribution in [2.75, 3.05) is 13.2 Å². The standard InChI is InChI=1S/C15H16O6S2/c16-12(17)9-20-11-8-15(23-10-11)21-13(18)4-1-2-6-19-14-5-3-7-22-14/h3,5,7-8,10H,1-2,4,6,9H2,(H,16,17). The van der Waals surface area contributed by atoms with Crippen molar-refractivity contribution in [2.45, 2.75) is 19.3 Å². The lowest BCUT2D eigenvalue weighted by Gasteiger charge is -2.03. The number of hydrogen-bond acceptors (Lipinski definition) is 7. The molecule has 0 atom stereocenters. The summed E-state index contributed by atoms with van der Waals surface area (Å²) in [4.78, 5) is 22.1. The summed E-state index contributed by atoms with van der Waals surface area (Å²) >= 11 is 2.72. The van der Waals surface area contributed by atoms with Crippen LogP contribution >= 0.6 is 22.7 Å². The van der Waals surface area contributed by atoms with Gasteiger partial charge >= 0.3 is 11.9 Å². The lowest BCUT2D eigenvalue weighted by Crippen LogP contribution is -2.09. The van der Waals surface area contributed by atoms with Crippen molar-refractivity contribution in [3.05, 3.63) is 29.0 Å². The van der Waals surface area contributed by atoms with Gasteiger partial charge in [0.25, 0.3) is 0 Å². The largest absolute Gasteiger partial charge is 0.484 e. The summed E-state index contributed by atoms with van der Waals surface area (Å²) in [6.07, 6.45) is 1.75.